The van der Waals surface area contributed by atoms with Crippen LogP contribution in [0.15, 0.2) is 0 Å². The smallest absolute Gasteiger partial charge is 0.408 e. The molecule has 0 aromatic heterocycles. The fourth-order valence-electron chi connectivity index (χ4n) is 4.73. The van der Waals surface area contributed by atoms with Gasteiger partial charge in [0.1, 0.15) is 17.7 Å². The number of ketones is 1. The van der Waals surface area contributed by atoms with E-state index in [-0.39, 0.29) is 5.91 Å². The van der Waals surface area contributed by atoms with Crippen molar-refractivity contribution in [2.75, 3.05) is 13.1 Å². The van der Waals surface area contributed by atoms with Crippen molar-refractivity contribution in [3.63, 3.8) is 0 Å². The lowest BCUT2D eigenvalue weighted by molar-refractivity contribution is -0.143. The largest absolute Gasteiger partial charge is 0.444 e. The Morgan fingerprint density at radius 2 is 1.56 bits per heavy atom. The Kier molecular flexibility index (Phi) is 11.7. The van der Waals surface area contributed by atoms with E-state index < -0.39 is 47.4 Å². The van der Waals surface area contributed by atoms with Gasteiger partial charge in [0.05, 0.1) is 6.04 Å². The average Bonchev–Trinajstić information content (AvgIpc) is 3.29. The molecule has 3 N–H and O–H groups in total. The molecule has 2 heterocycles. The van der Waals surface area contributed by atoms with E-state index >= 15 is 0 Å². The van der Waals surface area contributed by atoms with Gasteiger partial charge in [0.15, 0.2) is 0 Å². The van der Waals surface area contributed by atoms with Crippen molar-refractivity contribution in [2.24, 2.45) is 0 Å². The summed E-state index contributed by atoms with van der Waals surface area (Å²) in [7, 11) is 0. The van der Waals surface area contributed by atoms with Gasteiger partial charge in [-0.1, -0.05) is 44.9 Å². The van der Waals surface area contributed by atoms with E-state index in [1.54, 1.807) is 27.7 Å². The average molecular weight is 509 g/mol. The molecule has 4 amide bonds. The number of Topliss-reactive ketones (excluding diaryl/α,β-unsaturated/α-hetero) is 1. The van der Waals surface area contributed by atoms with Crippen LogP contribution in [0.2, 0.25) is 0 Å². The maximum absolute atomic E-state index is 13.5. The molecule has 0 aromatic carbocycles. The van der Waals surface area contributed by atoms with Crippen molar-refractivity contribution in [1.82, 2.24) is 20.9 Å². The Bertz CT molecular complexity index is 794. The Morgan fingerprint density at radius 3 is 2.17 bits per heavy atom. The second-order valence-electron chi connectivity index (χ2n) is 10.7. The van der Waals surface area contributed by atoms with Gasteiger partial charge in [-0.2, -0.15) is 0 Å². The number of rotatable bonds is 4. The highest BCUT2D eigenvalue weighted by Crippen LogP contribution is 2.22. The minimum absolute atomic E-state index is 0.322. The second-order valence-corrected chi connectivity index (χ2v) is 10.7. The fraction of sp³-hybridized carbons (Fsp3) is 0.808. The molecule has 0 aliphatic carbocycles. The molecule has 0 saturated carbocycles. The molecule has 204 valence electrons. The van der Waals surface area contributed by atoms with Gasteiger partial charge in [-0.05, 0) is 53.4 Å². The van der Waals surface area contributed by atoms with Gasteiger partial charge < -0.3 is 25.6 Å². The summed E-state index contributed by atoms with van der Waals surface area (Å²) in [5.74, 6) is -2.13. The Labute approximate surface area is 214 Å². The van der Waals surface area contributed by atoms with Crippen LogP contribution in [0.5, 0.6) is 0 Å². The highest BCUT2D eigenvalue weighted by molar-refractivity contribution is 6.38. The number of alkyl carbamates (subject to hydrolysis) is 1. The van der Waals surface area contributed by atoms with Crippen molar-refractivity contribution in [2.45, 2.75) is 122 Å². The standard InChI is InChI=1S/C26H44N4O6/c1-5-27-23(33)21(31)18-14-11-9-7-6-8-10-12-15-19(29-25(35)36-26(2,3)4)24(34)30-17-13-16-20(30)22(32)28-18/h18-20H,5-17H2,1-4H3,(H,27,33)(H,28,32)(H,29,35)/t18-,19-,20-/m0/s1. The van der Waals surface area contributed by atoms with Crippen LogP contribution in [0.3, 0.4) is 0 Å². The normalized spacial score (nSPS) is 24.9. The molecule has 0 aromatic rings. The van der Waals surface area contributed by atoms with E-state index in [9.17, 15) is 24.0 Å². The molecule has 0 radical (unpaired) electrons. The zero-order valence-corrected chi connectivity index (χ0v) is 22.3. The maximum atomic E-state index is 13.5. The molecule has 2 aliphatic heterocycles. The molecule has 10 nitrogen and oxygen atoms in total. The van der Waals surface area contributed by atoms with Crippen LogP contribution in [-0.2, 0) is 23.9 Å². The first-order valence-electron chi connectivity index (χ1n) is 13.5. The fourth-order valence-corrected chi connectivity index (χ4v) is 4.73. The summed E-state index contributed by atoms with van der Waals surface area (Å²) in [6, 6.07) is -2.48. The number of hydrogen-bond donors (Lipinski definition) is 3. The topological polar surface area (TPSA) is 134 Å². The van der Waals surface area contributed by atoms with Crippen LogP contribution in [-0.4, -0.2) is 71.3 Å². The van der Waals surface area contributed by atoms with Crippen molar-refractivity contribution < 1.29 is 28.7 Å². The molecule has 3 atom stereocenters. The van der Waals surface area contributed by atoms with Gasteiger partial charge in [0.2, 0.25) is 17.6 Å². The number of carbonyl (C=O) groups excluding carboxylic acids is 5. The van der Waals surface area contributed by atoms with Crippen LogP contribution in [0, 0.1) is 0 Å². The van der Waals surface area contributed by atoms with E-state index in [0.29, 0.717) is 38.8 Å². The molecular weight excluding hydrogens is 464 g/mol. The highest BCUT2D eigenvalue weighted by Gasteiger charge is 2.39. The van der Waals surface area contributed by atoms with E-state index in [2.05, 4.69) is 16.0 Å². The van der Waals surface area contributed by atoms with Gasteiger partial charge in [-0.15, -0.1) is 0 Å². The van der Waals surface area contributed by atoms with Crippen LogP contribution in [0.1, 0.15) is 98.3 Å². The Balaban J connectivity index is 2.22. The third kappa shape index (κ3) is 9.43. The van der Waals surface area contributed by atoms with Gasteiger partial charge >= 0.3 is 6.09 Å². The minimum Gasteiger partial charge on any atom is -0.444 e. The third-order valence-corrected chi connectivity index (χ3v) is 6.51. The quantitative estimate of drug-likeness (QED) is 0.500. The lowest BCUT2D eigenvalue weighted by Gasteiger charge is -2.30. The molecule has 2 aliphatic rings. The van der Waals surface area contributed by atoms with Crippen molar-refractivity contribution in [1.29, 1.82) is 0 Å². The van der Waals surface area contributed by atoms with Gasteiger partial charge in [0, 0.05) is 13.1 Å². The summed E-state index contributed by atoms with van der Waals surface area (Å²) in [6.45, 7) is 7.71. The summed E-state index contributed by atoms with van der Waals surface area (Å²) >= 11 is 0. The molecular formula is C26H44N4O6. The Morgan fingerprint density at radius 1 is 0.944 bits per heavy atom. The first kappa shape index (κ1) is 29.6. The van der Waals surface area contributed by atoms with Crippen LogP contribution in [0.25, 0.3) is 0 Å². The molecule has 0 unspecified atom stereocenters. The summed E-state index contributed by atoms with van der Waals surface area (Å²) in [6.07, 6.45) is 7.64. The zero-order chi connectivity index (χ0) is 26.7. The highest BCUT2D eigenvalue weighted by atomic mass is 16.6. The number of carbonyl (C=O) groups is 5. The van der Waals surface area contributed by atoms with Crippen LogP contribution in [0.4, 0.5) is 4.79 Å². The van der Waals surface area contributed by atoms with E-state index in [1.165, 1.54) is 4.90 Å². The SMILES string of the molecule is CCNC(=O)C(=O)[C@@H]1CCCCCCCCC[C@H](NC(=O)OC(C)(C)C)C(=O)N2CCC[C@H]2C(=O)N1. The summed E-state index contributed by atoms with van der Waals surface area (Å²) < 4.78 is 5.37. The molecule has 0 bridgehead atoms. The van der Waals surface area contributed by atoms with Gasteiger partial charge in [-0.25, -0.2) is 4.79 Å². The summed E-state index contributed by atoms with van der Waals surface area (Å²) in [5.41, 5.74) is -0.701. The third-order valence-electron chi connectivity index (χ3n) is 6.51. The zero-order valence-electron chi connectivity index (χ0n) is 22.3. The van der Waals surface area contributed by atoms with Crippen LogP contribution >= 0.6 is 0 Å². The summed E-state index contributed by atoms with van der Waals surface area (Å²) in [5, 5.41) is 8.00. The summed E-state index contributed by atoms with van der Waals surface area (Å²) in [4.78, 5) is 65.7. The van der Waals surface area contributed by atoms with Crippen molar-refractivity contribution >= 4 is 29.6 Å². The predicted molar refractivity (Wildman–Crippen MR) is 135 cm³/mol. The lowest BCUT2D eigenvalue weighted by atomic mass is 10.00. The van der Waals surface area contributed by atoms with Crippen LogP contribution < -0.4 is 16.0 Å². The molecule has 10 heteroatoms. The molecule has 2 saturated heterocycles. The maximum Gasteiger partial charge on any atom is 0.408 e. The number of likely N-dealkylation sites (N-methyl/N-ethyl adjacent to an activating group) is 1. The van der Waals surface area contributed by atoms with E-state index in [0.717, 1.165) is 44.9 Å². The Hall–Kier alpha value is -2.65. The monoisotopic (exact) mass is 508 g/mol. The first-order chi connectivity index (χ1) is 17.0. The number of nitrogens with one attached hydrogen (secondary N) is 3. The lowest BCUT2D eigenvalue weighted by Crippen LogP contribution is -2.56. The molecule has 2 rings (SSSR count). The minimum atomic E-state index is -0.926. The predicted octanol–water partition coefficient (Wildman–Crippen LogP) is 2.59. The first-order valence-corrected chi connectivity index (χ1v) is 13.5. The number of fused-ring (bicyclic) bond motifs is 1. The van der Waals surface area contributed by atoms with Crippen molar-refractivity contribution in [3.8, 4) is 0 Å². The number of nitrogens with zero attached hydrogens (tertiary/aromatic N) is 1. The van der Waals surface area contributed by atoms with E-state index in [1.807, 2.05) is 0 Å². The molecule has 0 spiro atoms. The van der Waals surface area contributed by atoms with Gasteiger partial charge in [-0.3, -0.25) is 19.2 Å². The van der Waals surface area contributed by atoms with Crippen molar-refractivity contribution in [3.05, 3.63) is 0 Å². The second kappa shape index (κ2) is 14.2. The number of hydrogen-bond acceptors (Lipinski definition) is 6. The number of amides is 4. The molecule has 2 fully saturated rings. The number of ether oxygens (including phenoxy) is 1. The molecule has 36 heavy (non-hydrogen) atoms. The van der Waals surface area contributed by atoms with E-state index in [4.69, 9.17) is 4.74 Å². The van der Waals surface area contributed by atoms with Gasteiger partial charge in [0.25, 0.3) is 5.91 Å².